The van der Waals surface area contributed by atoms with Crippen molar-refractivity contribution >= 4 is 0 Å². The van der Waals surface area contributed by atoms with Gasteiger partial charge in [-0.3, -0.25) is 4.90 Å². The average molecular weight is 226 g/mol. The van der Waals surface area contributed by atoms with Crippen LogP contribution >= 0.6 is 0 Å². The van der Waals surface area contributed by atoms with Crippen LogP contribution in [0.25, 0.3) is 0 Å². The van der Waals surface area contributed by atoms with E-state index in [1.54, 1.807) is 0 Å². The molecule has 2 aliphatic heterocycles. The van der Waals surface area contributed by atoms with Gasteiger partial charge in [-0.25, -0.2) is 0 Å². The molecule has 94 valence electrons. The minimum Gasteiger partial charge on any atom is -0.381 e. The average Bonchev–Trinajstić information content (AvgIpc) is 2.72. The SMILES string of the molecule is NCC1(N2CCCCCC2)CCCOCC1. The standard InChI is InChI=1S/C13H26N2O/c14-12-13(6-5-10-16-11-7-13)15-8-3-1-2-4-9-15/h1-12,14H2. The molecule has 0 spiro atoms. The van der Waals surface area contributed by atoms with E-state index in [1.807, 2.05) is 0 Å². The van der Waals surface area contributed by atoms with Crippen molar-refractivity contribution in [3.05, 3.63) is 0 Å². The highest BCUT2D eigenvalue weighted by atomic mass is 16.5. The quantitative estimate of drug-likeness (QED) is 0.780. The molecule has 0 amide bonds. The molecule has 1 unspecified atom stereocenters. The Bertz CT molecular complexity index is 192. The molecule has 3 heteroatoms. The van der Waals surface area contributed by atoms with Gasteiger partial charge in [0.25, 0.3) is 0 Å². The first kappa shape index (κ1) is 12.3. The molecule has 1 atom stereocenters. The topological polar surface area (TPSA) is 38.5 Å². The minimum atomic E-state index is 0.251. The minimum absolute atomic E-state index is 0.251. The van der Waals surface area contributed by atoms with Gasteiger partial charge in [-0.05, 0) is 45.2 Å². The molecule has 0 aromatic carbocycles. The monoisotopic (exact) mass is 226 g/mol. The Morgan fingerprint density at radius 1 is 0.938 bits per heavy atom. The van der Waals surface area contributed by atoms with Gasteiger partial charge in [0.05, 0.1) is 0 Å². The van der Waals surface area contributed by atoms with E-state index in [4.69, 9.17) is 10.5 Å². The fourth-order valence-electron chi connectivity index (χ4n) is 3.19. The molecule has 0 saturated carbocycles. The smallest absolute Gasteiger partial charge is 0.0484 e. The Morgan fingerprint density at radius 3 is 2.38 bits per heavy atom. The maximum Gasteiger partial charge on any atom is 0.0484 e. The van der Waals surface area contributed by atoms with Crippen LogP contribution in [0.3, 0.4) is 0 Å². The largest absolute Gasteiger partial charge is 0.381 e. The Labute approximate surface area is 99.3 Å². The molecule has 0 bridgehead atoms. The Kier molecular flexibility index (Phi) is 4.62. The second-order valence-electron chi connectivity index (χ2n) is 5.30. The third-order valence-corrected chi connectivity index (χ3v) is 4.30. The molecule has 2 N–H and O–H groups in total. The van der Waals surface area contributed by atoms with Crippen molar-refractivity contribution in [3.8, 4) is 0 Å². The fourth-order valence-corrected chi connectivity index (χ4v) is 3.19. The van der Waals surface area contributed by atoms with Crippen LogP contribution < -0.4 is 5.73 Å². The van der Waals surface area contributed by atoms with Gasteiger partial charge in [0.1, 0.15) is 0 Å². The summed E-state index contributed by atoms with van der Waals surface area (Å²) >= 11 is 0. The zero-order valence-electron chi connectivity index (χ0n) is 10.4. The second kappa shape index (κ2) is 5.99. The van der Waals surface area contributed by atoms with Crippen molar-refractivity contribution in [2.24, 2.45) is 5.73 Å². The van der Waals surface area contributed by atoms with Crippen LogP contribution in [0.4, 0.5) is 0 Å². The van der Waals surface area contributed by atoms with Gasteiger partial charge in [-0.2, -0.15) is 0 Å². The highest BCUT2D eigenvalue weighted by molar-refractivity contribution is 4.93. The molecular formula is C13H26N2O. The van der Waals surface area contributed by atoms with Crippen LogP contribution in [0.15, 0.2) is 0 Å². The van der Waals surface area contributed by atoms with Crippen molar-refractivity contribution < 1.29 is 4.74 Å². The van der Waals surface area contributed by atoms with Crippen LogP contribution in [0.5, 0.6) is 0 Å². The van der Waals surface area contributed by atoms with Crippen molar-refractivity contribution in [1.29, 1.82) is 0 Å². The molecule has 0 aromatic rings. The molecule has 0 aromatic heterocycles. The molecule has 2 aliphatic rings. The molecule has 2 rings (SSSR count). The van der Waals surface area contributed by atoms with E-state index in [1.165, 1.54) is 51.6 Å². The molecular weight excluding hydrogens is 200 g/mol. The van der Waals surface area contributed by atoms with Gasteiger partial charge in [0, 0.05) is 25.3 Å². The van der Waals surface area contributed by atoms with Crippen LogP contribution in [0.1, 0.15) is 44.9 Å². The Morgan fingerprint density at radius 2 is 1.69 bits per heavy atom. The van der Waals surface area contributed by atoms with Crippen molar-refractivity contribution in [2.45, 2.75) is 50.5 Å². The highest BCUT2D eigenvalue weighted by Gasteiger charge is 2.35. The van der Waals surface area contributed by atoms with E-state index in [-0.39, 0.29) is 5.54 Å². The van der Waals surface area contributed by atoms with Gasteiger partial charge >= 0.3 is 0 Å². The van der Waals surface area contributed by atoms with Crippen molar-refractivity contribution in [2.75, 3.05) is 32.8 Å². The van der Waals surface area contributed by atoms with E-state index in [0.29, 0.717) is 0 Å². The van der Waals surface area contributed by atoms with E-state index in [0.717, 1.165) is 26.2 Å². The lowest BCUT2D eigenvalue weighted by molar-refractivity contribution is 0.0699. The van der Waals surface area contributed by atoms with Crippen LogP contribution in [0.2, 0.25) is 0 Å². The predicted octanol–water partition coefficient (Wildman–Crippen LogP) is 1.76. The molecule has 3 nitrogen and oxygen atoms in total. The Hall–Kier alpha value is -0.120. The molecule has 16 heavy (non-hydrogen) atoms. The molecule has 0 aliphatic carbocycles. The summed E-state index contributed by atoms with van der Waals surface area (Å²) in [5.41, 5.74) is 6.34. The van der Waals surface area contributed by atoms with Crippen LogP contribution in [-0.2, 0) is 4.74 Å². The van der Waals surface area contributed by atoms with E-state index < -0.39 is 0 Å². The third-order valence-electron chi connectivity index (χ3n) is 4.30. The van der Waals surface area contributed by atoms with E-state index >= 15 is 0 Å². The number of ether oxygens (including phenoxy) is 1. The first-order valence-electron chi connectivity index (χ1n) is 6.90. The van der Waals surface area contributed by atoms with Gasteiger partial charge in [-0.1, -0.05) is 12.8 Å². The summed E-state index contributed by atoms with van der Waals surface area (Å²) in [6.45, 7) is 5.12. The summed E-state index contributed by atoms with van der Waals surface area (Å²) in [4.78, 5) is 2.68. The third kappa shape index (κ3) is 2.76. The predicted molar refractivity (Wildman–Crippen MR) is 66.5 cm³/mol. The summed E-state index contributed by atoms with van der Waals surface area (Å²) in [6, 6.07) is 0. The van der Waals surface area contributed by atoms with Crippen molar-refractivity contribution in [3.63, 3.8) is 0 Å². The zero-order chi connectivity index (χ0) is 11.3. The second-order valence-corrected chi connectivity index (χ2v) is 5.30. The molecule has 0 radical (unpaired) electrons. The number of nitrogens with zero attached hydrogens (tertiary/aromatic N) is 1. The molecule has 2 heterocycles. The summed E-state index contributed by atoms with van der Waals surface area (Å²) in [6.07, 6.45) is 9.02. The summed E-state index contributed by atoms with van der Waals surface area (Å²) < 4.78 is 5.59. The fraction of sp³-hybridized carbons (Fsp3) is 1.00. The van der Waals surface area contributed by atoms with Crippen LogP contribution in [-0.4, -0.2) is 43.3 Å². The lowest BCUT2D eigenvalue weighted by Crippen LogP contribution is -2.54. The number of likely N-dealkylation sites (tertiary alicyclic amines) is 1. The summed E-state index contributed by atoms with van der Waals surface area (Å²) in [5.74, 6) is 0. The van der Waals surface area contributed by atoms with Gasteiger partial charge in [0.2, 0.25) is 0 Å². The van der Waals surface area contributed by atoms with E-state index in [2.05, 4.69) is 4.90 Å². The first-order chi connectivity index (χ1) is 7.87. The van der Waals surface area contributed by atoms with Crippen molar-refractivity contribution in [1.82, 2.24) is 4.90 Å². The lowest BCUT2D eigenvalue weighted by atomic mass is 9.88. The lowest BCUT2D eigenvalue weighted by Gasteiger charge is -2.42. The number of nitrogens with two attached hydrogens (primary N) is 1. The maximum absolute atomic E-state index is 6.09. The van der Waals surface area contributed by atoms with Gasteiger partial charge in [0.15, 0.2) is 0 Å². The van der Waals surface area contributed by atoms with Gasteiger partial charge < -0.3 is 10.5 Å². The summed E-state index contributed by atoms with van der Waals surface area (Å²) in [7, 11) is 0. The molecule has 2 saturated heterocycles. The van der Waals surface area contributed by atoms with E-state index in [9.17, 15) is 0 Å². The maximum atomic E-state index is 6.09. The number of rotatable bonds is 2. The van der Waals surface area contributed by atoms with Gasteiger partial charge in [-0.15, -0.1) is 0 Å². The Balaban J connectivity index is 2.04. The zero-order valence-corrected chi connectivity index (χ0v) is 10.4. The number of hydrogen-bond donors (Lipinski definition) is 1. The highest BCUT2D eigenvalue weighted by Crippen LogP contribution is 2.29. The molecule has 2 fully saturated rings. The number of hydrogen-bond acceptors (Lipinski definition) is 3. The van der Waals surface area contributed by atoms with Crippen LogP contribution in [0, 0.1) is 0 Å². The first-order valence-corrected chi connectivity index (χ1v) is 6.90. The normalized spacial score (nSPS) is 34.3. The summed E-state index contributed by atoms with van der Waals surface area (Å²) in [5, 5.41) is 0.